The molecule has 0 saturated heterocycles. The van der Waals surface area contributed by atoms with Gasteiger partial charge in [-0.1, -0.05) is 30.3 Å². The maximum absolute atomic E-state index is 11.5. The maximum atomic E-state index is 11.5. The van der Waals surface area contributed by atoms with Crippen LogP contribution < -0.4 is 5.73 Å². The zero-order valence-electron chi connectivity index (χ0n) is 10.8. The van der Waals surface area contributed by atoms with Crippen LogP contribution in [0.3, 0.4) is 0 Å². The molecular formula is C14H21NO3. The maximum Gasteiger partial charge on any atom is 0.323 e. The number of ether oxygens (including phenoxy) is 2. The third-order valence-electron chi connectivity index (χ3n) is 2.57. The highest BCUT2D eigenvalue weighted by atomic mass is 16.6. The second-order valence-corrected chi connectivity index (χ2v) is 4.00. The molecule has 18 heavy (non-hydrogen) atoms. The van der Waals surface area contributed by atoms with Gasteiger partial charge in [-0.3, -0.25) is 4.79 Å². The van der Waals surface area contributed by atoms with Gasteiger partial charge in [0.1, 0.15) is 12.6 Å². The molecule has 0 aliphatic carbocycles. The van der Waals surface area contributed by atoms with Crippen LogP contribution in [0.4, 0.5) is 0 Å². The Balaban J connectivity index is 2.19. The molecule has 1 aromatic rings. The lowest BCUT2D eigenvalue weighted by Gasteiger charge is -2.11. The number of hydrogen-bond donors (Lipinski definition) is 1. The van der Waals surface area contributed by atoms with Crippen LogP contribution in [0, 0.1) is 0 Å². The van der Waals surface area contributed by atoms with Crippen molar-refractivity contribution in [1.82, 2.24) is 0 Å². The summed E-state index contributed by atoms with van der Waals surface area (Å²) in [6, 6.07) is 9.39. The van der Waals surface area contributed by atoms with Crippen molar-refractivity contribution in [2.45, 2.75) is 25.8 Å². The number of carbonyl (C=O) groups is 1. The molecule has 1 aromatic carbocycles. The Morgan fingerprint density at radius 1 is 1.28 bits per heavy atom. The minimum Gasteiger partial charge on any atom is -0.462 e. The molecule has 4 heteroatoms. The standard InChI is InChI=1S/C14H21NO3/c1-2-17-10-11-18-14(16)13(15)9-8-12-6-4-3-5-7-12/h3-7,13H,2,8-11,15H2,1H3/t13-/m0/s1. The predicted molar refractivity (Wildman–Crippen MR) is 70.2 cm³/mol. The van der Waals surface area contributed by atoms with Crippen LogP contribution in [0.5, 0.6) is 0 Å². The molecule has 0 heterocycles. The summed E-state index contributed by atoms with van der Waals surface area (Å²) in [5.41, 5.74) is 6.94. The Morgan fingerprint density at radius 3 is 2.67 bits per heavy atom. The van der Waals surface area contributed by atoms with Gasteiger partial charge in [0.2, 0.25) is 0 Å². The van der Waals surface area contributed by atoms with Gasteiger partial charge in [0.05, 0.1) is 6.61 Å². The lowest BCUT2D eigenvalue weighted by Crippen LogP contribution is -2.33. The van der Waals surface area contributed by atoms with Crippen molar-refractivity contribution in [2.75, 3.05) is 19.8 Å². The van der Waals surface area contributed by atoms with E-state index in [9.17, 15) is 4.79 Å². The van der Waals surface area contributed by atoms with Crippen molar-refractivity contribution < 1.29 is 14.3 Å². The van der Waals surface area contributed by atoms with E-state index in [1.54, 1.807) is 0 Å². The number of hydrogen-bond acceptors (Lipinski definition) is 4. The van der Waals surface area contributed by atoms with E-state index in [0.29, 0.717) is 19.6 Å². The van der Waals surface area contributed by atoms with E-state index in [4.69, 9.17) is 15.2 Å². The topological polar surface area (TPSA) is 61.5 Å². The molecule has 0 aliphatic heterocycles. The van der Waals surface area contributed by atoms with E-state index in [0.717, 1.165) is 6.42 Å². The fourth-order valence-corrected chi connectivity index (χ4v) is 1.54. The summed E-state index contributed by atoms with van der Waals surface area (Å²) in [4.78, 5) is 11.5. The number of esters is 1. The third kappa shape index (κ3) is 5.80. The van der Waals surface area contributed by atoms with Gasteiger partial charge in [0, 0.05) is 6.61 Å². The van der Waals surface area contributed by atoms with Crippen LogP contribution in [0.2, 0.25) is 0 Å². The van der Waals surface area contributed by atoms with Gasteiger partial charge in [-0.25, -0.2) is 0 Å². The van der Waals surface area contributed by atoms with Crippen LogP contribution in [-0.2, 0) is 20.7 Å². The molecule has 1 rings (SSSR count). The van der Waals surface area contributed by atoms with Gasteiger partial charge in [-0.15, -0.1) is 0 Å². The lowest BCUT2D eigenvalue weighted by atomic mass is 10.1. The summed E-state index contributed by atoms with van der Waals surface area (Å²) < 4.78 is 10.1. The first kappa shape index (κ1) is 14.7. The van der Waals surface area contributed by atoms with E-state index in [-0.39, 0.29) is 12.6 Å². The van der Waals surface area contributed by atoms with E-state index in [2.05, 4.69) is 0 Å². The van der Waals surface area contributed by atoms with E-state index in [1.807, 2.05) is 37.3 Å². The number of nitrogens with two attached hydrogens (primary N) is 1. The summed E-state index contributed by atoms with van der Waals surface area (Å²) >= 11 is 0. The fourth-order valence-electron chi connectivity index (χ4n) is 1.54. The second-order valence-electron chi connectivity index (χ2n) is 4.00. The zero-order chi connectivity index (χ0) is 13.2. The first-order valence-electron chi connectivity index (χ1n) is 6.28. The predicted octanol–water partition coefficient (Wildman–Crippen LogP) is 1.53. The first-order chi connectivity index (χ1) is 8.74. The Morgan fingerprint density at radius 2 is 2.00 bits per heavy atom. The molecule has 0 spiro atoms. The smallest absolute Gasteiger partial charge is 0.323 e. The molecule has 0 aromatic heterocycles. The van der Waals surface area contributed by atoms with Crippen molar-refractivity contribution in [3.8, 4) is 0 Å². The minimum absolute atomic E-state index is 0.270. The van der Waals surface area contributed by atoms with Crippen LogP contribution in [-0.4, -0.2) is 31.8 Å². The molecule has 0 amide bonds. The number of aryl methyl sites for hydroxylation is 1. The molecular weight excluding hydrogens is 230 g/mol. The molecule has 0 bridgehead atoms. The van der Waals surface area contributed by atoms with Crippen molar-refractivity contribution in [3.05, 3.63) is 35.9 Å². The Kier molecular flexibility index (Phi) is 7.06. The highest BCUT2D eigenvalue weighted by Crippen LogP contribution is 2.04. The molecule has 4 nitrogen and oxygen atoms in total. The van der Waals surface area contributed by atoms with Crippen molar-refractivity contribution in [3.63, 3.8) is 0 Å². The van der Waals surface area contributed by atoms with Crippen molar-refractivity contribution in [2.24, 2.45) is 5.73 Å². The molecule has 0 unspecified atom stereocenters. The molecule has 0 radical (unpaired) electrons. The average molecular weight is 251 g/mol. The molecule has 0 aliphatic rings. The van der Waals surface area contributed by atoms with Crippen LogP contribution in [0.1, 0.15) is 18.9 Å². The summed E-state index contributed by atoms with van der Waals surface area (Å²) in [5, 5.41) is 0. The number of rotatable bonds is 8. The van der Waals surface area contributed by atoms with Crippen LogP contribution in [0.25, 0.3) is 0 Å². The number of benzene rings is 1. The molecule has 0 fully saturated rings. The van der Waals surface area contributed by atoms with E-state index in [1.165, 1.54) is 5.56 Å². The Labute approximate surface area is 108 Å². The Hall–Kier alpha value is -1.39. The largest absolute Gasteiger partial charge is 0.462 e. The van der Waals surface area contributed by atoms with Crippen molar-refractivity contribution >= 4 is 5.97 Å². The van der Waals surface area contributed by atoms with Gasteiger partial charge >= 0.3 is 5.97 Å². The quantitative estimate of drug-likeness (QED) is 0.562. The molecule has 0 saturated carbocycles. The van der Waals surface area contributed by atoms with Gasteiger partial charge in [-0.2, -0.15) is 0 Å². The second kappa shape index (κ2) is 8.66. The highest BCUT2D eigenvalue weighted by Gasteiger charge is 2.14. The zero-order valence-corrected chi connectivity index (χ0v) is 10.8. The van der Waals surface area contributed by atoms with Gasteiger partial charge in [-0.05, 0) is 25.3 Å². The van der Waals surface area contributed by atoms with Gasteiger partial charge in [0.15, 0.2) is 0 Å². The van der Waals surface area contributed by atoms with Crippen molar-refractivity contribution in [1.29, 1.82) is 0 Å². The van der Waals surface area contributed by atoms with E-state index < -0.39 is 6.04 Å². The summed E-state index contributed by atoms with van der Waals surface area (Å²) in [7, 11) is 0. The summed E-state index contributed by atoms with van der Waals surface area (Å²) in [6.45, 7) is 3.21. The SMILES string of the molecule is CCOCCOC(=O)[C@@H](N)CCc1ccccc1. The van der Waals surface area contributed by atoms with Crippen LogP contribution in [0.15, 0.2) is 30.3 Å². The third-order valence-corrected chi connectivity index (χ3v) is 2.57. The molecule has 1 atom stereocenters. The Bertz CT molecular complexity index is 340. The fraction of sp³-hybridized carbons (Fsp3) is 0.500. The summed E-state index contributed by atoms with van der Waals surface area (Å²) in [6.07, 6.45) is 1.38. The average Bonchev–Trinajstić information content (AvgIpc) is 2.42. The monoisotopic (exact) mass is 251 g/mol. The first-order valence-corrected chi connectivity index (χ1v) is 6.28. The van der Waals surface area contributed by atoms with E-state index >= 15 is 0 Å². The molecule has 100 valence electrons. The van der Waals surface area contributed by atoms with Crippen LogP contribution >= 0.6 is 0 Å². The number of carbonyl (C=O) groups excluding carboxylic acids is 1. The van der Waals surface area contributed by atoms with Gasteiger partial charge in [0.25, 0.3) is 0 Å². The lowest BCUT2D eigenvalue weighted by molar-refractivity contribution is -0.146. The summed E-state index contributed by atoms with van der Waals surface area (Å²) in [5.74, 6) is -0.356. The minimum atomic E-state index is -0.563. The normalized spacial score (nSPS) is 12.1. The highest BCUT2D eigenvalue weighted by molar-refractivity contribution is 5.75. The molecule has 2 N–H and O–H groups in total. The van der Waals surface area contributed by atoms with Gasteiger partial charge < -0.3 is 15.2 Å².